The van der Waals surface area contributed by atoms with Crippen LogP contribution >= 0.6 is 0 Å². The van der Waals surface area contributed by atoms with Gasteiger partial charge in [0.2, 0.25) is 0 Å². The molecule has 0 fully saturated rings. The summed E-state index contributed by atoms with van der Waals surface area (Å²) in [7, 11) is 0. The SMILES string of the molecule is C=C(C)C(=O)O.C=C(C)C(=O)O.C=CC(=O)O.OCCOCCOCCO. The molecule has 0 spiro atoms. The Morgan fingerprint density at radius 1 is 0.778 bits per heavy atom. The summed E-state index contributed by atoms with van der Waals surface area (Å²) in [5.41, 5.74) is 0.352. The van der Waals surface area contributed by atoms with Gasteiger partial charge in [-0.3, -0.25) is 0 Å². The standard InChI is InChI=1S/C6H14O4.2C4H6O2.C3H4O2/c7-1-3-9-5-6-10-4-2-8;2*1-3(2)4(5)6;1-2-3(4)5/h7-8H,1-6H2;2*1H2,2H3,(H,5,6);2H,1H2,(H,4,5). The largest absolute Gasteiger partial charge is 0.478 e. The van der Waals surface area contributed by atoms with Gasteiger partial charge in [-0.1, -0.05) is 19.7 Å². The van der Waals surface area contributed by atoms with Gasteiger partial charge in [-0.25, -0.2) is 14.4 Å². The zero-order chi connectivity index (χ0) is 22.3. The predicted octanol–water partition coefficient (Wildman–Crippen LogP) is 0.555. The molecule has 0 aliphatic carbocycles. The Morgan fingerprint density at radius 2 is 1.00 bits per heavy atom. The van der Waals surface area contributed by atoms with E-state index in [0.717, 1.165) is 6.08 Å². The number of carboxylic acid groups (broad SMARTS) is 3. The van der Waals surface area contributed by atoms with E-state index < -0.39 is 17.9 Å². The molecule has 0 unspecified atom stereocenters. The van der Waals surface area contributed by atoms with Gasteiger partial charge in [0.15, 0.2) is 0 Å². The molecule has 0 amide bonds. The van der Waals surface area contributed by atoms with Crippen LogP contribution in [0.3, 0.4) is 0 Å². The van der Waals surface area contributed by atoms with E-state index in [4.69, 9.17) is 35.0 Å². The van der Waals surface area contributed by atoms with Gasteiger partial charge in [-0.15, -0.1) is 0 Å². The van der Waals surface area contributed by atoms with Gasteiger partial charge < -0.3 is 35.0 Å². The number of aliphatic carboxylic acids is 3. The van der Waals surface area contributed by atoms with Crippen LogP contribution in [0.2, 0.25) is 0 Å². The maximum Gasteiger partial charge on any atom is 0.330 e. The molecule has 0 aromatic heterocycles. The zero-order valence-electron chi connectivity index (χ0n) is 15.7. The number of aliphatic hydroxyl groups is 2. The Bertz CT molecular complexity index is 387. The maximum absolute atomic E-state index is 9.60. The third-order valence-electron chi connectivity index (χ3n) is 1.75. The summed E-state index contributed by atoms with van der Waals surface area (Å²) < 4.78 is 9.75. The van der Waals surface area contributed by atoms with E-state index in [1.165, 1.54) is 13.8 Å². The van der Waals surface area contributed by atoms with E-state index >= 15 is 0 Å². The van der Waals surface area contributed by atoms with Crippen molar-refractivity contribution in [2.45, 2.75) is 13.8 Å². The maximum atomic E-state index is 9.60. The molecule has 0 aromatic carbocycles. The van der Waals surface area contributed by atoms with Crippen LogP contribution in [-0.2, 0) is 23.9 Å². The van der Waals surface area contributed by atoms with Crippen molar-refractivity contribution < 1.29 is 49.4 Å². The van der Waals surface area contributed by atoms with E-state index in [1.807, 2.05) is 0 Å². The number of hydrogen-bond acceptors (Lipinski definition) is 7. The van der Waals surface area contributed by atoms with Gasteiger partial charge in [0.25, 0.3) is 0 Å². The Labute approximate surface area is 158 Å². The van der Waals surface area contributed by atoms with E-state index in [0.29, 0.717) is 26.4 Å². The van der Waals surface area contributed by atoms with Crippen LogP contribution in [0.1, 0.15) is 13.8 Å². The first kappa shape index (κ1) is 32.2. The third-order valence-corrected chi connectivity index (χ3v) is 1.75. The van der Waals surface area contributed by atoms with Crippen LogP contribution in [0.15, 0.2) is 37.0 Å². The number of hydrogen-bond donors (Lipinski definition) is 5. The molecule has 0 aliphatic rings. The minimum Gasteiger partial charge on any atom is -0.478 e. The van der Waals surface area contributed by atoms with Crippen LogP contribution < -0.4 is 0 Å². The molecule has 0 saturated carbocycles. The highest BCUT2D eigenvalue weighted by Gasteiger charge is 1.90. The van der Waals surface area contributed by atoms with Crippen molar-refractivity contribution in [3.8, 4) is 0 Å². The fourth-order valence-corrected chi connectivity index (χ4v) is 0.451. The lowest BCUT2D eigenvalue weighted by Gasteiger charge is -2.01. The second kappa shape index (κ2) is 25.7. The molecule has 0 rings (SSSR count). The number of ether oxygens (including phenoxy) is 2. The van der Waals surface area contributed by atoms with Gasteiger partial charge in [-0.2, -0.15) is 0 Å². The lowest BCUT2D eigenvalue weighted by atomic mass is 10.4. The van der Waals surface area contributed by atoms with Crippen molar-refractivity contribution >= 4 is 17.9 Å². The fraction of sp³-hybridized carbons (Fsp3) is 0.471. The molecular formula is C17H30O10. The second-order valence-corrected chi connectivity index (χ2v) is 4.39. The Kier molecular flexibility index (Phi) is 30.6. The molecule has 10 heteroatoms. The van der Waals surface area contributed by atoms with Crippen molar-refractivity contribution in [2.75, 3.05) is 39.6 Å². The molecule has 0 heterocycles. The quantitative estimate of drug-likeness (QED) is 0.260. The molecule has 0 radical (unpaired) electrons. The molecular weight excluding hydrogens is 364 g/mol. The monoisotopic (exact) mass is 394 g/mol. The fourth-order valence-electron chi connectivity index (χ4n) is 0.451. The number of carbonyl (C=O) groups is 3. The number of carboxylic acids is 3. The van der Waals surface area contributed by atoms with Gasteiger partial charge in [0.1, 0.15) is 0 Å². The van der Waals surface area contributed by atoms with Crippen molar-refractivity contribution in [2.24, 2.45) is 0 Å². The van der Waals surface area contributed by atoms with Crippen molar-refractivity contribution in [1.82, 2.24) is 0 Å². The lowest BCUT2D eigenvalue weighted by molar-refractivity contribution is -0.133. The number of aliphatic hydroxyl groups excluding tert-OH is 2. The molecule has 0 saturated heterocycles. The normalized spacial score (nSPS) is 8.30. The Morgan fingerprint density at radius 3 is 1.11 bits per heavy atom. The van der Waals surface area contributed by atoms with E-state index in [2.05, 4.69) is 19.7 Å². The van der Waals surface area contributed by atoms with Crippen molar-refractivity contribution in [3.05, 3.63) is 37.0 Å². The Balaban J connectivity index is -0.000000137. The summed E-state index contributed by atoms with van der Waals surface area (Å²) in [6.07, 6.45) is 0.833. The lowest BCUT2D eigenvalue weighted by Crippen LogP contribution is -2.09. The minimum absolute atomic E-state index is 0.0417. The van der Waals surface area contributed by atoms with Crippen LogP contribution in [0.25, 0.3) is 0 Å². The molecule has 5 N–H and O–H groups in total. The smallest absolute Gasteiger partial charge is 0.330 e. The molecule has 158 valence electrons. The van der Waals surface area contributed by atoms with Gasteiger partial charge in [0.05, 0.1) is 39.6 Å². The van der Waals surface area contributed by atoms with Crippen LogP contribution in [-0.4, -0.2) is 83.1 Å². The highest BCUT2D eigenvalue weighted by Crippen LogP contribution is 1.81. The van der Waals surface area contributed by atoms with E-state index in [9.17, 15) is 14.4 Å². The minimum atomic E-state index is -0.981. The van der Waals surface area contributed by atoms with Crippen molar-refractivity contribution in [1.29, 1.82) is 0 Å². The zero-order valence-corrected chi connectivity index (χ0v) is 15.7. The van der Waals surface area contributed by atoms with E-state index in [-0.39, 0.29) is 24.4 Å². The topological polar surface area (TPSA) is 171 Å². The third kappa shape index (κ3) is 51.7. The molecule has 0 bridgehead atoms. The first-order chi connectivity index (χ1) is 12.5. The molecule has 0 aliphatic heterocycles. The Hall–Kier alpha value is -2.53. The molecule has 10 nitrogen and oxygen atoms in total. The highest BCUT2D eigenvalue weighted by atomic mass is 16.5. The average molecular weight is 394 g/mol. The summed E-state index contributed by atoms with van der Waals surface area (Å²) in [4.78, 5) is 28.4. The summed E-state index contributed by atoms with van der Waals surface area (Å²) in [5.74, 6) is -2.85. The predicted molar refractivity (Wildman–Crippen MR) is 98.5 cm³/mol. The molecule has 0 aromatic rings. The molecule has 0 atom stereocenters. The highest BCUT2D eigenvalue weighted by molar-refractivity contribution is 5.85. The molecule has 27 heavy (non-hydrogen) atoms. The van der Waals surface area contributed by atoms with Crippen LogP contribution in [0.4, 0.5) is 0 Å². The van der Waals surface area contributed by atoms with Crippen LogP contribution in [0.5, 0.6) is 0 Å². The average Bonchev–Trinajstić information content (AvgIpc) is 2.59. The summed E-state index contributed by atoms with van der Waals surface area (Å²) in [5, 5.41) is 39.9. The number of rotatable bonds is 10. The van der Waals surface area contributed by atoms with Gasteiger partial charge in [-0.05, 0) is 13.8 Å². The van der Waals surface area contributed by atoms with Gasteiger partial charge in [0, 0.05) is 17.2 Å². The van der Waals surface area contributed by atoms with E-state index in [1.54, 1.807) is 0 Å². The first-order valence-corrected chi connectivity index (χ1v) is 7.47. The second-order valence-electron chi connectivity index (χ2n) is 4.39. The van der Waals surface area contributed by atoms with Crippen molar-refractivity contribution in [3.63, 3.8) is 0 Å². The first-order valence-electron chi connectivity index (χ1n) is 7.47. The summed E-state index contributed by atoms with van der Waals surface area (Å²) >= 11 is 0. The summed E-state index contributed by atoms with van der Waals surface area (Å²) in [6, 6.07) is 0. The summed E-state index contributed by atoms with van der Waals surface area (Å²) in [6.45, 7) is 13.9. The van der Waals surface area contributed by atoms with Crippen LogP contribution in [0, 0.1) is 0 Å². The van der Waals surface area contributed by atoms with Gasteiger partial charge >= 0.3 is 17.9 Å².